The summed E-state index contributed by atoms with van der Waals surface area (Å²) in [5.41, 5.74) is 0. The summed E-state index contributed by atoms with van der Waals surface area (Å²) >= 11 is 0. The molecule has 2 nitrogen and oxygen atoms in total. The molecule has 1 rings (SSSR count). The van der Waals surface area contributed by atoms with Gasteiger partial charge in [0.25, 0.3) is 0 Å². The Morgan fingerprint density at radius 2 is 2.43 bits per heavy atom. The first-order chi connectivity index (χ1) is 6.68. The standard InChI is InChI=1S/C12H20O2/c1-10(7-8-14-11(2)13)9-12-5-3-4-6-12/h3,5,10,12H,4,6-9H2,1-2H3. The van der Waals surface area contributed by atoms with Gasteiger partial charge in [-0.1, -0.05) is 19.1 Å². The molecule has 80 valence electrons. The van der Waals surface area contributed by atoms with Crippen molar-refractivity contribution in [3.63, 3.8) is 0 Å². The fourth-order valence-electron chi connectivity index (χ4n) is 1.93. The molecule has 0 fully saturated rings. The van der Waals surface area contributed by atoms with Crippen LogP contribution in [-0.2, 0) is 9.53 Å². The maximum atomic E-state index is 10.5. The second-order valence-electron chi connectivity index (χ2n) is 4.24. The van der Waals surface area contributed by atoms with Crippen LogP contribution in [0.3, 0.4) is 0 Å². The zero-order chi connectivity index (χ0) is 10.4. The van der Waals surface area contributed by atoms with Crippen molar-refractivity contribution in [3.05, 3.63) is 12.2 Å². The number of ether oxygens (including phenoxy) is 1. The topological polar surface area (TPSA) is 26.3 Å². The maximum absolute atomic E-state index is 10.5. The number of hydrogen-bond acceptors (Lipinski definition) is 2. The van der Waals surface area contributed by atoms with Crippen molar-refractivity contribution in [2.75, 3.05) is 6.61 Å². The molecule has 0 amide bonds. The summed E-state index contributed by atoms with van der Waals surface area (Å²) in [6.07, 6.45) is 9.35. The molecule has 0 aromatic carbocycles. The number of hydrogen-bond donors (Lipinski definition) is 0. The smallest absolute Gasteiger partial charge is 0.302 e. The zero-order valence-electron chi connectivity index (χ0n) is 9.16. The van der Waals surface area contributed by atoms with Crippen LogP contribution < -0.4 is 0 Å². The van der Waals surface area contributed by atoms with Crippen molar-refractivity contribution in [2.45, 2.75) is 39.5 Å². The van der Waals surface area contributed by atoms with Gasteiger partial charge in [-0.3, -0.25) is 4.79 Å². The number of allylic oxidation sites excluding steroid dienone is 2. The second-order valence-corrected chi connectivity index (χ2v) is 4.24. The van der Waals surface area contributed by atoms with Crippen LogP contribution in [0.25, 0.3) is 0 Å². The number of rotatable bonds is 5. The molecule has 0 saturated carbocycles. The van der Waals surface area contributed by atoms with Gasteiger partial charge in [0.1, 0.15) is 0 Å². The van der Waals surface area contributed by atoms with Crippen LogP contribution in [0.1, 0.15) is 39.5 Å². The van der Waals surface area contributed by atoms with Gasteiger partial charge in [0.05, 0.1) is 6.61 Å². The predicted octanol–water partition coefficient (Wildman–Crippen LogP) is 2.93. The Hall–Kier alpha value is -0.790. The molecular formula is C12H20O2. The minimum absolute atomic E-state index is 0.169. The average Bonchev–Trinajstić information content (AvgIpc) is 2.56. The third kappa shape index (κ3) is 4.45. The molecule has 0 bridgehead atoms. The molecule has 0 N–H and O–H groups in total. The summed E-state index contributed by atoms with van der Waals surface area (Å²) < 4.78 is 4.92. The molecule has 0 aromatic rings. The normalized spacial score (nSPS) is 22.3. The van der Waals surface area contributed by atoms with E-state index in [4.69, 9.17) is 4.74 Å². The van der Waals surface area contributed by atoms with Crippen LogP contribution >= 0.6 is 0 Å². The van der Waals surface area contributed by atoms with E-state index in [0.29, 0.717) is 12.5 Å². The molecule has 0 aromatic heterocycles. The van der Waals surface area contributed by atoms with E-state index in [0.717, 1.165) is 12.3 Å². The SMILES string of the molecule is CC(=O)OCCC(C)CC1C=CCC1. The quantitative estimate of drug-likeness (QED) is 0.499. The van der Waals surface area contributed by atoms with Crippen LogP contribution in [0.15, 0.2) is 12.2 Å². The van der Waals surface area contributed by atoms with Crippen molar-refractivity contribution >= 4 is 5.97 Å². The monoisotopic (exact) mass is 196 g/mol. The fraction of sp³-hybridized carbons (Fsp3) is 0.750. The van der Waals surface area contributed by atoms with Gasteiger partial charge < -0.3 is 4.74 Å². The summed E-state index contributed by atoms with van der Waals surface area (Å²) in [4.78, 5) is 10.5. The third-order valence-corrected chi connectivity index (χ3v) is 2.73. The first-order valence-corrected chi connectivity index (χ1v) is 5.48. The van der Waals surface area contributed by atoms with Gasteiger partial charge >= 0.3 is 5.97 Å². The molecule has 2 unspecified atom stereocenters. The van der Waals surface area contributed by atoms with Crippen LogP contribution in [0.5, 0.6) is 0 Å². The lowest BCUT2D eigenvalue weighted by Gasteiger charge is -2.14. The van der Waals surface area contributed by atoms with E-state index in [-0.39, 0.29) is 5.97 Å². The molecule has 14 heavy (non-hydrogen) atoms. The minimum Gasteiger partial charge on any atom is -0.466 e. The average molecular weight is 196 g/mol. The Bertz CT molecular complexity index is 208. The third-order valence-electron chi connectivity index (χ3n) is 2.73. The molecule has 0 heterocycles. The van der Waals surface area contributed by atoms with E-state index < -0.39 is 0 Å². The molecular weight excluding hydrogens is 176 g/mol. The Balaban J connectivity index is 2.06. The number of carbonyl (C=O) groups is 1. The Morgan fingerprint density at radius 1 is 1.64 bits per heavy atom. The Morgan fingerprint density at radius 3 is 3.00 bits per heavy atom. The molecule has 2 heteroatoms. The maximum Gasteiger partial charge on any atom is 0.302 e. The van der Waals surface area contributed by atoms with Gasteiger partial charge in [0.15, 0.2) is 0 Å². The molecule has 0 aliphatic heterocycles. The Kier molecular flexibility index (Phi) is 4.71. The lowest BCUT2D eigenvalue weighted by molar-refractivity contribution is -0.141. The van der Waals surface area contributed by atoms with Gasteiger partial charge in [0.2, 0.25) is 0 Å². The number of carbonyl (C=O) groups excluding carboxylic acids is 1. The van der Waals surface area contributed by atoms with Crippen molar-refractivity contribution in [1.82, 2.24) is 0 Å². The van der Waals surface area contributed by atoms with Gasteiger partial charge in [-0.15, -0.1) is 0 Å². The summed E-state index contributed by atoms with van der Waals surface area (Å²) in [6.45, 7) is 4.27. The first-order valence-electron chi connectivity index (χ1n) is 5.48. The van der Waals surface area contributed by atoms with Gasteiger partial charge in [-0.2, -0.15) is 0 Å². The lowest BCUT2D eigenvalue weighted by Crippen LogP contribution is -2.08. The summed E-state index contributed by atoms with van der Waals surface area (Å²) in [6, 6.07) is 0. The fourth-order valence-corrected chi connectivity index (χ4v) is 1.93. The van der Waals surface area contributed by atoms with Crippen molar-refractivity contribution in [3.8, 4) is 0 Å². The summed E-state index contributed by atoms with van der Waals surface area (Å²) in [5, 5.41) is 0. The van der Waals surface area contributed by atoms with Crippen LogP contribution in [-0.4, -0.2) is 12.6 Å². The molecule has 1 aliphatic rings. The number of esters is 1. The van der Waals surface area contributed by atoms with E-state index in [9.17, 15) is 4.79 Å². The summed E-state index contributed by atoms with van der Waals surface area (Å²) in [7, 11) is 0. The molecule has 2 atom stereocenters. The minimum atomic E-state index is -0.169. The van der Waals surface area contributed by atoms with Crippen molar-refractivity contribution < 1.29 is 9.53 Å². The van der Waals surface area contributed by atoms with Crippen LogP contribution in [0.2, 0.25) is 0 Å². The highest BCUT2D eigenvalue weighted by Crippen LogP contribution is 2.25. The summed E-state index contributed by atoms with van der Waals surface area (Å²) in [5.74, 6) is 1.25. The van der Waals surface area contributed by atoms with E-state index in [2.05, 4.69) is 19.1 Å². The van der Waals surface area contributed by atoms with Crippen molar-refractivity contribution in [2.24, 2.45) is 11.8 Å². The van der Waals surface area contributed by atoms with E-state index >= 15 is 0 Å². The van der Waals surface area contributed by atoms with Gasteiger partial charge in [-0.05, 0) is 37.5 Å². The highest BCUT2D eigenvalue weighted by atomic mass is 16.5. The first kappa shape index (κ1) is 11.3. The van der Waals surface area contributed by atoms with E-state index in [1.54, 1.807) is 0 Å². The van der Waals surface area contributed by atoms with E-state index in [1.807, 2.05) is 0 Å². The zero-order valence-corrected chi connectivity index (χ0v) is 9.16. The van der Waals surface area contributed by atoms with E-state index in [1.165, 1.54) is 26.2 Å². The van der Waals surface area contributed by atoms with Crippen molar-refractivity contribution in [1.29, 1.82) is 0 Å². The second kappa shape index (κ2) is 5.84. The largest absolute Gasteiger partial charge is 0.466 e. The molecule has 0 spiro atoms. The molecule has 1 aliphatic carbocycles. The van der Waals surface area contributed by atoms with Crippen LogP contribution in [0.4, 0.5) is 0 Å². The predicted molar refractivity (Wildman–Crippen MR) is 56.9 cm³/mol. The highest BCUT2D eigenvalue weighted by Gasteiger charge is 2.13. The van der Waals surface area contributed by atoms with Gasteiger partial charge in [-0.25, -0.2) is 0 Å². The molecule has 0 radical (unpaired) electrons. The highest BCUT2D eigenvalue weighted by molar-refractivity contribution is 5.65. The molecule has 0 saturated heterocycles. The Labute approximate surface area is 86.3 Å². The van der Waals surface area contributed by atoms with Crippen LogP contribution in [0, 0.1) is 11.8 Å². The van der Waals surface area contributed by atoms with Gasteiger partial charge in [0, 0.05) is 6.92 Å². The lowest BCUT2D eigenvalue weighted by atomic mass is 9.93.